The number of methoxy groups -OCH3 is 1. The molecule has 7 heteroatoms. The topological polar surface area (TPSA) is 72.5 Å². The zero-order valence-electron chi connectivity index (χ0n) is 12.2. The second kappa shape index (κ2) is 7.43. The minimum atomic E-state index is -3.91. The number of carbonyl (C=O) groups excluding carboxylic acids is 1. The van der Waals surface area contributed by atoms with Crippen molar-refractivity contribution in [3.05, 3.63) is 69.5 Å². The summed E-state index contributed by atoms with van der Waals surface area (Å²) in [5, 5.41) is 0.950. The van der Waals surface area contributed by atoms with E-state index in [-0.39, 0.29) is 11.3 Å². The lowest BCUT2D eigenvalue weighted by molar-refractivity contribution is 0.0979. The van der Waals surface area contributed by atoms with Crippen molar-refractivity contribution in [1.29, 1.82) is 0 Å². The van der Waals surface area contributed by atoms with Crippen LogP contribution in [-0.2, 0) is 10.0 Å². The van der Waals surface area contributed by atoms with Gasteiger partial charge in [0.2, 0.25) is 0 Å². The lowest BCUT2D eigenvalue weighted by atomic mass is 10.2. The predicted octanol–water partition coefficient (Wildman–Crippen LogP) is 3.19. The summed E-state index contributed by atoms with van der Waals surface area (Å²) in [6.07, 6.45) is 1.41. The Kier molecular flexibility index (Phi) is 5.57. The Balaban J connectivity index is 2.17. The number of hydrogen-bond donors (Lipinski definition) is 1. The molecule has 0 saturated carbocycles. The number of sulfonamides is 1. The highest BCUT2D eigenvalue weighted by atomic mass is 79.9. The van der Waals surface area contributed by atoms with E-state index < -0.39 is 15.9 Å². The van der Waals surface area contributed by atoms with Crippen LogP contribution in [0.1, 0.15) is 15.9 Å². The van der Waals surface area contributed by atoms with Gasteiger partial charge in [0.05, 0.1) is 18.1 Å². The highest BCUT2D eigenvalue weighted by molar-refractivity contribution is 9.10. The normalized spacial score (nSPS) is 11.4. The molecule has 0 aromatic heterocycles. The molecule has 0 aliphatic rings. The molecule has 120 valence electrons. The van der Waals surface area contributed by atoms with Crippen molar-refractivity contribution in [2.45, 2.75) is 0 Å². The van der Waals surface area contributed by atoms with Crippen molar-refractivity contribution in [3.63, 3.8) is 0 Å². The molecule has 2 aromatic rings. The molecule has 0 spiro atoms. The Labute approximate surface area is 143 Å². The SMILES string of the molecule is COc1cc(Br)ccc1C(=O)NS(=O)(=O)C=Cc1ccccc1. The number of hydrogen-bond acceptors (Lipinski definition) is 4. The van der Waals surface area contributed by atoms with Crippen molar-refractivity contribution < 1.29 is 17.9 Å². The lowest BCUT2D eigenvalue weighted by Gasteiger charge is -2.08. The fraction of sp³-hybridized carbons (Fsp3) is 0.0625. The Bertz CT molecular complexity index is 832. The standard InChI is InChI=1S/C16H14BrNO4S/c1-22-15-11-13(17)7-8-14(15)16(19)18-23(20,21)10-9-12-5-3-2-4-6-12/h2-11H,1H3,(H,18,19). The number of halogens is 1. The van der Waals surface area contributed by atoms with Crippen LogP contribution in [0, 0.1) is 0 Å². The van der Waals surface area contributed by atoms with Crippen LogP contribution in [0.5, 0.6) is 5.75 Å². The maximum atomic E-state index is 12.1. The van der Waals surface area contributed by atoms with Crippen molar-refractivity contribution in [1.82, 2.24) is 4.72 Å². The fourth-order valence-corrected chi connectivity index (χ4v) is 2.92. The van der Waals surface area contributed by atoms with Gasteiger partial charge >= 0.3 is 0 Å². The molecule has 5 nitrogen and oxygen atoms in total. The molecule has 0 unspecified atom stereocenters. The summed E-state index contributed by atoms with van der Waals surface area (Å²) < 4.78 is 31.8. The van der Waals surface area contributed by atoms with Crippen LogP contribution in [0.2, 0.25) is 0 Å². The summed E-state index contributed by atoms with van der Waals surface area (Å²) in [7, 11) is -2.50. The van der Waals surface area contributed by atoms with Crippen molar-refractivity contribution in [2.75, 3.05) is 7.11 Å². The van der Waals surface area contributed by atoms with E-state index in [2.05, 4.69) is 15.9 Å². The minimum Gasteiger partial charge on any atom is -0.496 e. The number of benzene rings is 2. The Morgan fingerprint density at radius 3 is 2.52 bits per heavy atom. The molecule has 0 fully saturated rings. The maximum absolute atomic E-state index is 12.1. The first-order valence-corrected chi connectivity index (χ1v) is 8.89. The van der Waals surface area contributed by atoms with E-state index in [1.165, 1.54) is 19.3 Å². The smallest absolute Gasteiger partial charge is 0.268 e. The van der Waals surface area contributed by atoms with Gasteiger partial charge in [0.1, 0.15) is 5.75 Å². The maximum Gasteiger partial charge on any atom is 0.268 e. The zero-order valence-corrected chi connectivity index (χ0v) is 14.6. The van der Waals surface area contributed by atoms with E-state index >= 15 is 0 Å². The van der Waals surface area contributed by atoms with E-state index in [1.54, 1.807) is 36.4 Å². The third-order valence-electron chi connectivity index (χ3n) is 2.88. The summed E-state index contributed by atoms with van der Waals surface area (Å²) in [4.78, 5) is 12.1. The number of rotatable bonds is 5. The van der Waals surface area contributed by atoms with Gasteiger partial charge in [-0.3, -0.25) is 4.79 Å². The van der Waals surface area contributed by atoms with Crippen LogP contribution < -0.4 is 9.46 Å². The van der Waals surface area contributed by atoms with Crippen LogP contribution in [0.3, 0.4) is 0 Å². The van der Waals surface area contributed by atoms with Gasteiger partial charge in [-0.05, 0) is 29.8 Å². The van der Waals surface area contributed by atoms with Gasteiger partial charge in [-0.1, -0.05) is 46.3 Å². The molecule has 23 heavy (non-hydrogen) atoms. The van der Waals surface area contributed by atoms with E-state index in [0.717, 1.165) is 9.88 Å². The Morgan fingerprint density at radius 2 is 1.87 bits per heavy atom. The number of nitrogens with one attached hydrogen (secondary N) is 1. The number of amides is 1. The minimum absolute atomic E-state index is 0.132. The second-order valence-corrected chi connectivity index (χ2v) is 7.02. The van der Waals surface area contributed by atoms with Crippen LogP contribution in [0.4, 0.5) is 0 Å². The van der Waals surface area contributed by atoms with Crippen LogP contribution in [0.25, 0.3) is 6.08 Å². The largest absolute Gasteiger partial charge is 0.496 e. The van der Waals surface area contributed by atoms with E-state index in [4.69, 9.17) is 4.74 Å². The molecule has 0 atom stereocenters. The summed E-state index contributed by atoms with van der Waals surface area (Å²) in [6, 6.07) is 13.6. The van der Waals surface area contributed by atoms with Crippen molar-refractivity contribution in [3.8, 4) is 5.75 Å². The van der Waals surface area contributed by atoms with Crippen LogP contribution in [-0.4, -0.2) is 21.4 Å². The molecular weight excluding hydrogens is 382 g/mol. The molecule has 1 amide bonds. The van der Waals surface area contributed by atoms with Crippen molar-refractivity contribution >= 4 is 37.9 Å². The quantitative estimate of drug-likeness (QED) is 0.843. The molecule has 1 N–H and O–H groups in total. The summed E-state index contributed by atoms with van der Waals surface area (Å²) in [5.74, 6) is -0.480. The van der Waals surface area contributed by atoms with Crippen LogP contribution >= 0.6 is 15.9 Å². The van der Waals surface area contributed by atoms with Gasteiger partial charge in [-0.25, -0.2) is 13.1 Å². The molecule has 0 saturated heterocycles. The first-order valence-electron chi connectivity index (χ1n) is 6.55. The van der Waals surface area contributed by atoms with Gasteiger partial charge in [0.25, 0.3) is 15.9 Å². The zero-order chi connectivity index (χ0) is 16.9. The molecule has 2 aromatic carbocycles. The van der Waals surface area contributed by atoms with Gasteiger partial charge < -0.3 is 4.74 Å². The van der Waals surface area contributed by atoms with E-state index in [0.29, 0.717) is 5.56 Å². The average molecular weight is 396 g/mol. The van der Waals surface area contributed by atoms with Crippen molar-refractivity contribution in [2.24, 2.45) is 0 Å². The third-order valence-corrected chi connectivity index (χ3v) is 4.34. The van der Waals surface area contributed by atoms with E-state index in [1.807, 2.05) is 10.8 Å². The predicted molar refractivity (Wildman–Crippen MR) is 92.6 cm³/mol. The number of ether oxygens (including phenoxy) is 1. The molecule has 0 radical (unpaired) electrons. The first-order chi connectivity index (χ1) is 10.9. The summed E-state index contributed by atoms with van der Waals surface area (Å²) in [5.41, 5.74) is 0.846. The molecule has 0 heterocycles. The Morgan fingerprint density at radius 1 is 1.17 bits per heavy atom. The van der Waals surface area contributed by atoms with Gasteiger partial charge in [-0.15, -0.1) is 0 Å². The highest BCUT2D eigenvalue weighted by Gasteiger charge is 2.17. The monoisotopic (exact) mass is 395 g/mol. The molecule has 0 bridgehead atoms. The molecule has 0 aliphatic heterocycles. The number of carbonyl (C=O) groups is 1. The third kappa shape index (κ3) is 4.94. The Hall–Kier alpha value is -2.12. The van der Waals surface area contributed by atoms with Gasteiger partial charge in [-0.2, -0.15) is 0 Å². The second-order valence-electron chi connectivity index (χ2n) is 4.53. The summed E-state index contributed by atoms with van der Waals surface area (Å²) in [6.45, 7) is 0. The fourth-order valence-electron chi connectivity index (χ4n) is 1.80. The van der Waals surface area contributed by atoms with Gasteiger partial charge in [0.15, 0.2) is 0 Å². The van der Waals surface area contributed by atoms with E-state index in [9.17, 15) is 13.2 Å². The molecule has 2 rings (SSSR count). The first kappa shape index (κ1) is 17.2. The summed E-state index contributed by atoms with van der Waals surface area (Å²) >= 11 is 3.26. The lowest BCUT2D eigenvalue weighted by Crippen LogP contribution is -2.29. The average Bonchev–Trinajstić information content (AvgIpc) is 2.53. The highest BCUT2D eigenvalue weighted by Crippen LogP contribution is 2.23. The van der Waals surface area contributed by atoms with Gasteiger partial charge in [0, 0.05) is 4.47 Å². The molecule has 0 aliphatic carbocycles. The van der Waals surface area contributed by atoms with Crippen LogP contribution in [0.15, 0.2) is 58.4 Å². The molecular formula is C16H14BrNO4S.